The molecule has 1 rings (SSSR count). The molecule has 0 fully saturated rings. The second-order valence-corrected chi connectivity index (χ2v) is 1.29. The fraction of sp³-hybridized carbons (Fsp3) is 0.143. The molecule has 1 nitrogen and oxygen atoms in total. The molecule has 0 bridgehead atoms. The van der Waals surface area contributed by atoms with Gasteiger partial charge in [0.25, 0.3) is 0 Å². The Hall–Kier alpha value is -0.980. The number of rotatable bonds is 0. The molecule has 0 spiro atoms. The highest BCUT2D eigenvalue weighted by Crippen LogP contribution is 2.03. The van der Waals surface area contributed by atoms with Crippen LogP contribution in [0.1, 0.15) is 15.2 Å². The second kappa shape index (κ2) is 1.86. The van der Waals surface area contributed by atoms with Gasteiger partial charge >= 0.3 is 0 Å². The predicted octanol–water partition coefficient (Wildman–Crippen LogP) is 1.58. The lowest BCUT2D eigenvalue weighted by Crippen LogP contribution is -1.82. The van der Waals surface area contributed by atoms with Crippen molar-refractivity contribution in [3.63, 3.8) is 0 Å². The highest BCUT2D eigenvalue weighted by molar-refractivity contribution is 5.39. The third kappa shape index (κ3) is 0.997. The van der Waals surface area contributed by atoms with Crippen molar-refractivity contribution in [1.29, 1.82) is 0 Å². The second-order valence-electron chi connectivity index (χ2n) is 1.29. The van der Waals surface area contributed by atoms with Gasteiger partial charge in [-0.15, -0.1) is 0 Å². The van der Waals surface area contributed by atoms with Crippen molar-refractivity contribution >= 4 is 5.69 Å². The van der Waals surface area contributed by atoms with E-state index in [-0.39, 0.29) is 5.69 Å². The summed E-state index contributed by atoms with van der Waals surface area (Å²) in [5, 5.41) is 0. The van der Waals surface area contributed by atoms with Gasteiger partial charge in [0.2, 0.25) is 0 Å². The molecule has 1 heteroatoms. The van der Waals surface area contributed by atoms with Crippen LogP contribution < -0.4 is 5.73 Å². The van der Waals surface area contributed by atoms with Crippen molar-refractivity contribution in [2.45, 2.75) is 6.85 Å². The number of nitrogens with two attached hydrogens (primary N) is 1. The molecule has 1 aromatic rings. The summed E-state index contributed by atoms with van der Waals surface area (Å²) >= 11 is 0. The van der Waals surface area contributed by atoms with Crippen LogP contribution in [0.5, 0.6) is 0 Å². The summed E-state index contributed by atoms with van der Waals surface area (Å²) in [5.74, 6) is 0. The average Bonchev–Trinajstić information content (AvgIpc) is 2.09. The summed E-state index contributed by atoms with van der Waals surface area (Å²) in [7, 11) is 0. The molecule has 0 saturated carbocycles. The van der Waals surface area contributed by atoms with Crippen LogP contribution in [0.15, 0.2) is 24.2 Å². The molecule has 0 unspecified atom stereocenters. The topological polar surface area (TPSA) is 26.0 Å². The van der Waals surface area contributed by atoms with Gasteiger partial charge in [-0.2, -0.15) is 0 Å². The number of nitrogen functional groups attached to an aromatic ring is 1. The maximum absolute atomic E-state index is 7.42. The SMILES string of the molecule is [2H]c1c([2H])c(N)c([2H])c(C([2H])([2H])[2H])c1[2H]. The van der Waals surface area contributed by atoms with Gasteiger partial charge in [-0.3, -0.25) is 0 Å². The fourth-order valence-electron chi connectivity index (χ4n) is 0.358. The average molecular weight is 114 g/mol. The summed E-state index contributed by atoms with van der Waals surface area (Å²) < 4.78 is 50.7. The van der Waals surface area contributed by atoms with E-state index >= 15 is 0 Å². The molecule has 0 aromatic heterocycles. The Kier molecular flexibility index (Phi) is 0.302. The first kappa shape index (κ1) is 1.29. The van der Waals surface area contributed by atoms with E-state index in [0.717, 1.165) is 0 Å². The highest BCUT2D eigenvalue weighted by Gasteiger charge is 1.81. The first-order valence-electron chi connectivity index (χ1n) is 5.54. The van der Waals surface area contributed by atoms with Crippen LogP contribution in [-0.4, -0.2) is 0 Å². The van der Waals surface area contributed by atoms with Crippen LogP contribution >= 0.6 is 0 Å². The van der Waals surface area contributed by atoms with Crippen molar-refractivity contribution in [3.8, 4) is 0 Å². The summed E-state index contributed by atoms with van der Waals surface area (Å²) in [6, 6.07) is -2.21. The van der Waals surface area contributed by atoms with E-state index in [1.807, 2.05) is 0 Å². The molecule has 0 amide bonds. The van der Waals surface area contributed by atoms with Gasteiger partial charge in [0, 0.05) is 9.80 Å². The molecular weight excluding hydrogens is 98.1 g/mol. The largest absolute Gasteiger partial charge is 0.399 e. The predicted molar refractivity (Wildman–Crippen MR) is 35.6 cm³/mol. The first-order chi connectivity index (χ1) is 6.68. The van der Waals surface area contributed by atoms with E-state index in [1.165, 1.54) is 0 Å². The Morgan fingerprint density at radius 1 is 1.75 bits per heavy atom. The zero-order valence-corrected chi connectivity index (χ0v) is 4.08. The molecule has 0 heterocycles. The minimum atomic E-state index is -2.66. The Labute approximate surface area is 59.0 Å². The number of benzene rings is 1. The van der Waals surface area contributed by atoms with Crippen molar-refractivity contribution < 1.29 is 9.60 Å². The number of hydrogen-bond acceptors (Lipinski definition) is 1. The normalized spacial score (nSPS) is 23.2. The van der Waals surface area contributed by atoms with Gasteiger partial charge in [-0.1, -0.05) is 12.1 Å². The van der Waals surface area contributed by atoms with Crippen LogP contribution in [-0.2, 0) is 0 Å². The van der Waals surface area contributed by atoms with Crippen LogP contribution in [0.2, 0.25) is 0 Å². The van der Waals surface area contributed by atoms with E-state index in [4.69, 9.17) is 15.3 Å². The summed E-state index contributed by atoms with van der Waals surface area (Å²) in [4.78, 5) is 0. The third-order valence-electron chi connectivity index (χ3n) is 0.644. The van der Waals surface area contributed by atoms with E-state index in [9.17, 15) is 0 Å². The smallest absolute Gasteiger partial charge is 0.0647 e. The van der Waals surface area contributed by atoms with Crippen LogP contribution in [0.25, 0.3) is 0 Å². The minimum absolute atomic E-state index is 0.373. The van der Waals surface area contributed by atoms with Crippen molar-refractivity contribution in [3.05, 3.63) is 29.7 Å². The molecule has 8 heavy (non-hydrogen) atoms. The Morgan fingerprint density at radius 3 is 3.38 bits per heavy atom. The van der Waals surface area contributed by atoms with Gasteiger partial charge < -0.3 is 5.73 Å². The molecule has 0 aliphatic carbocycles. The third-order valence-corrected chi connectivity index (χ3v) is 0.644. The van der Waals surface area contributed by atoms with Crippen LogP contribution in [0.3, 0.4) is 0 Å². The maximum atomic E-state index is 7.42. The van der Waals surface area contributed by atoms with Gasteiger partial charge in [-0.05, 0) is 24.5 Å². The summed E-state index contributed by atoms with van der Waals surface area (Å²) in [6.07, 6.45) is 0. The molecule has 42 valence electrons. The van der Waals surface area contributed by atoms with Crippen LogP contribution in [0, 0.1) is 6.85 Å². The van der Waals surface area contributed by atoms with Crippen molar-refractivity contribution in [2.75, 3.05) is 5.73 Å². The lowest BCUT2D eigenvalue weighted by Gasteiger charge is -1.91. The minimum Gasteiger partial charge on any atom is -0.399 e. The first-order valence-corrected chi connectivity index (χ1v) is 2.04. The van der Waals surface area contributed by atoms with Gasteiger partial charge in [0.15, 0.2) is 0 Å². The number of anilines is 1. The summed E-state index contributed by atoms with van der Waals surface area (Å²) in [5.41, 5.74) is 4.38. The quantitative estimate of drug-likeness (QED) is 0.509. The Bertz CT molecular complexity index is 380. The zero-order chi connectivity index (χ0) is 12.0. The lowest BCUT2D eigenvalue weighted by molar-refractivity contribution is 1.47. The molecule has 0 aliphatic rings. The number of hydrogen-bond donors (Lipinski definition) is 1. The summed E-state index contributed by atoms with van der Waals surface area (Å²) in [6.45, 7) is -2.66. The monoisotopic (exact) mass is 114 g/mol. The van der Waals surface area contributed by atoms with Crippen molar-refractivity contribution in [2.24, 2.45) is 0 Å². The van der Waals surface area contributed by atoms with Gasteiger partial charge in [0.1, 0.15) is 0 Å². The van der Waals surface area contributed by atoms with E-state index in [0.29, 0.717) is 0 Å². The van der Waals surface area contributed by atoms with E-state index in [1.54, 1.807) is 0 Å². The molecule has 0 aliphatic heterocycles. The maximum Gasteiger partial charge on any atom is 0.0647 e. The van der Waals surface area contributed by atoms with Gasteiger partial charge in [-0.25, -0.2) is 0 Å². The van der Waals surface area contributed by atoms with E-state index < -0.39 is 36.6 Å². The molecule has 0 atom stereocenters. The van der Waals surface area contributed by atoms with Crippen molar-refractivity contribution in [1.82, 2.24) is 0 Å². The van der Waals surface area contributed by atoms with Gasteiger partial charge in [0.05, 0.1) is 5.48 Å². The molecule has 0 saturated heterocycles. The molecule has 1 aromatic carbocycles. The molecular formula is C7H9N. The lowest BCUT2D eigenvalue weighted by atomic mass is 10.2. The fourth-order valence-corrected chi connectivity index (χ4v) is 0.358. The van der Waals surface area contributed by atoms with Crippen LogP contribution in [0.4, 0.5) is 5.69 Å². The Morgan fingerprint density at radius 2 is 2.62 bits per heavy atom. The standard InChI is InChI=1S/C7H9N/c1-6-3-2-4-7(8)5-6/h2-5H,8H2,1H3/i1D3,2D,3D,4D,5D. The zero-order valence-electron chi connectivity index (χ0n) is 11.1. The molecule has 2 N–H and O–H groups in total. The highest BCUT2D eigenvalue weighted by atomic mass is 14.5. The van der Waals surface area contributed by atoms with E-state index in [2.05, 4.69) is 0 Å². The Balaban J connectivity index is 3.68. The molecule has 0 radical (unpaired) electrons.